The van der Waals surface area contributed by atoms with Crippen LogP contribution >= 0.6 is 0 Å². The average molecular weight is 348 g/mol. The van der Waals surface area contributed by atoms with Crippen LogP contribution in [-0.2, 0) is 0 Å². The summed E-state index contributed by atoms with van der Waals surface area (Å²) in [5.41, 5.74) is 7.25. The summed E-state index contributed by atoms with van der Waals surface area (Å²) >= 11 is 0. The summed E-state index contributed by atoms with van der Waals surface area (Å²) in [6, 6.07) is 6.65. The van der Waals surface area contributed by atoms with E-state index in [-0.39, 0.29) is 5.82 Å². The lowest BCUT2D eigenvalue weighted by Gasteiger charge is -2.36. The molecule has 1 heterocycles. The van der Waals surface area contributed by atoms with E-state index in [2.05, 4.69) is 14.8 Å². The molecule has 2 aliphatic rings. The van der Waals surface area contributed by atoms with Gasteiger partial charge in [0.05, 0.1) is 0 Å². The Labute approximate surface area is 149 Å². The van der Waals surface area contributed by atoms with Gasteiger partial charge in [-0.25, -0.2) is 4.39 Å². The largest absolute Gasteiger partial charge is 0.396 e. The lowest BCUT2D eigenvalue weighted by molar-refractivity contribution is 0.163. The number of rotatable bonds is 4. The Hall–Kier alpha value is -1.82. The van der Waals surface area contributed by atoms with E-state index in [1.54, 1.807) is 0 Å². The second-order valence-electron chi connectivity index (χ2n) is 7.23. The van der Waals surface area contributed by atoms with Crippen molar-refractivity contribution in [2.24, 2.45) is 22.6 Å². The summed E-state index contributed by atoms with van der Waals surface area (Å²) in [4.78, 5) is 9.00. The van der Waals surface area contributed by atoms with Crippen molar-refractivity contribution in [3.8, 4) is 0 Å². The zero-order valence-electron chi connectivity index (χ0n) is 14.8. The van der Waals surface area contributed by atoms with Crippen LogP contribution in [0, 0.1) is 17.7 Å². The zero-order chi connectivity index (χ0) is 17.6. The van der Waals surface area contributed by atoms with Gasteiger partial charge in [0.15, 0.2) is 5.96 Å². The fourth-order valence-corrected chi connectivity index (χ4v) is 3.90. The monoisotopic (exact) mass is 348 g/mol. The van der Waals surface area contributed by atoms with Crippen molar-refractivity contribution in [1.82, 2.24) is 4.90 Å². The Morgan fingerprint density at radius 3 is 2.48 bits per heavy atom. The molecule has 25 heavy (non-hydrogen) atoms. The zero-order valence-corrected chi connectivity index (χ0v) is 14.8. The van der Waals surface area contributed by atoms with Gasteiger partial charge in [0, 0.05) is 45.0 Å². The molecule has 0 spiro atoms. The summed E-state index contributed by atoms with van der Waals surface area (Å²) in [6.07, 6.45) is 4.57. The molecule has 1 aliphatic heterocycles. The SMILES string of the molecule is NC(=NC[C@H]1CCC[C@@H](CO)C1)N1CCN(c2ccc(F)cc2)CC1. The van der Waals surface area contributed by atoms with Gasteiger partial charge in [0.1, 0.15) is 5.82 Å². The standard InChI is InChI=1S/C19H29FN4O/c20-17-4-6-18(7-5-17)23-8-10-24(11-9-23)19(21)22-13-15-2-1-3-16(12-15)14-25/h4-7,15-16,25H,1-3,8-14H2,(H2,21,22)/t15-,16+/m0/s1. The summed E-state index contributed by atoms with van der Waals surface area (Å²) in [5, 5.41) is 9.33. The van der Waals surface area contributed by atoms with Gasteiger partial charge in [-0.1, -0.05) is 6.42 Å². The predicted molar refractivity (Wildman–Crippen MR) is 99.2 cm³/mol. The van der Waals surface area contributed by atoms with Crippen LogP contribution in [0.15, 0.2) is 29.3 Å². The number of aliphatic hydroxyl groups is 1. The van der Waals surface area contributed by atoms with Crippen molar-refractivity contribution in [2.45, 2.75) is 25.7 Å². The van der Waals surface area contributed by atoms with Gasteiger partial charge in [0.25, 0.3) is 0 Å². The topological polar surface area (TPSA) is 65.1 Å². The highest BCUT2D eigenvalue weighted by Crippen LogP contribution is 2.28. The molecule has 0 aromatic heterocycles. The van der Waals surface area contributed by atoms with Crippen LogP contribution in [0.1, 0.15) is 25.7 Å². The minimum absolute atomic E-state index is 0.204. The van der Waals surface area contributed by atoms with Crippen LogP contribution in [0.2, 0.25) is 0 Å². The minimum atomic E-state index is -0.204. The third-order valence-corrected chi connectivity index (χ3v) is 5.46. The summed E-state index contributed by atoms with van der Waals surface area (Å²) in [7, 11) is 0. The number of benzene rings is 1. The first kappa shape index (κ1) is 18.0. The number of nitrogens with zero attached hydrogens (tertiary/aromatic N) is 3. The maximum Gasteiger partial charge on any atom is 0.191 e. The molecular formula is C19H29FN4O. The van der Waals surface area contributed by atoms with Gasteiger partial charge < -0.3 is 20.6 Å². The molecular weight excluding hydrogens is 319 g/mol. The molecule has 5 nitrogen and oxygen atoms in total. The number of guanidine groups is 1. The van der Waals surface area contributed by atoms with Crippen molar-refractivity contribution in [3.05, 3.63) is 30.1 Å². The third-order valence-electron chi connectivity index (χ3n) is 5.46. The first-order valence-electron chi connectivity index (χ1n) is 9.32. The van der Waals surface area contributed by atoms with Crippen molar-refractivity contribution >= 4 is 11.6 Å². The molecule has 0 bridgehead atoms. The Kier molecular flexibility index (Phi) is 6.13. The van der Waals surface area contributed by atoms with Gasteiger partial charge in [-0.05, 0) is 55.4 Å². The summed E-state index contributed by atoms with van der Waals surface area (Å²) in [6.45, 7) is 4.44. The molecule has 2 atom stereocenters. The average Bonchev–Trinajstić information content (AvgIpc) is 2.67. The van der Waals surface area contributed by atoms with Crippen LogP contribution < -0.4 is 10.6 Å². The van der Waals surface area contributed by atoms with Gasteiger partial charge >= 0.3 is 0 Å². The highest BCUT2D eigenvalue weighted by Gasteiger charge is 2.22. The number of hydrogen-bond donors (Lipinski definition) is 2. The summed E-state index contributed by atoms with van der Waals surface area (Å²) < 4.78 is 13.0. The normalized spacial score (nSPS) is 25.3. The number of halogens is 1. The smallest absolute Gasteiger partial charge is 0.191 e. The Morgan fingerprint density at radius 2 is 1.80 bits per heavy atom. The minimum Gasteiger partial charge on any atom is -0.396 e. The van der Waals surface area contributed by atoms with E-state index in [1.807, 2.05) is 12.1 Å². The van der Waals surface area contributed by atoms with Crippen LogP contribution in [0.3, 0.4) is 0 Å². The van der Waals surface area contributed by atoms with Crippen LogP contribution in [0.5, 0.6) is 0 Å². The molecule has 3 N–H and O–H groups in total. The molecule has 1 aromatic carbocycles. The number of piperazine rings is 1. The molecule has 6 heteroatoms. The van der Waals surface area contributed by atoms with Gasteiger partial charge in [-0.15, -0.1) is 0 Å². The molecule has 0 amide bonds. The number of aliphatic hydroxyl groups excluding tert-OH is 1. The van der Waals surface area contributed by atoms with E-state index in [0.717, 1.165) is 51.3 Å². The lowest BCUT2D eigenvalue weighted by Crippen LogP contribution is -2.51. The molecule has 1 aliphatic carbocycles. The first-order chi connectivity index (χ1) is 12.2. The summed E-state index contributed by atoms with van der Waals surface area (Å²) in [5.74, 6) is 1.41. The molecule has 1 saturated heterocycles. The maximum absolute atomic E-state index is 13.0. The van der Waals surface area contributed by atoms with E-state index in [0.29, 0.717) is 24.4 Å². The highest BCUT2D eigenvalue weighted by atomic mass is 19.1. The van der Waals surface area contributed by atoms with Crippen molar-refractivity contribution in [3.63, 3.8) is 0 Å². The number of anilines is 1. The Morgan fingerprint density at radius 1 is 1.12 bits per heavy atom. The van der Waals surface area contributed by atoms with Crippen LogP contribution in [0.4, 0.5) is 10.1 Å². The second kappa shape index (κ2) is 8.52. The predicted octanol–water partition coefficient (Wildman–Crippen LogP) is 2.06. The fourth-order valence-electron chi connectivity index (χ4n) is 3.90. The van der Waals surface area contributed by atoms with Crippen molar-refractivity contribution < 1.29 is 9.50 Å². The lowest BCUT2D eigenvalue weighted by atomic mass is 9.82. The Balaban J connectivity index is 1.47. The van der Waals surface area contributed by atoms with Gasteiger partial charge in [-0.2, -0.15) is 0 Å². The molecule has 0 radical (unpaired) electrons. The molecule has 1 aromatic rings. The molecule has 1 saturated carbocycles. The second-order valence-corrected chi connectivity index (χ2v) is 7.23. The Bertz CT molecular complexity index is 569. The number of hydrogen-bond acceptors (Lipinski definition) is 3. The third kappa shape index (κ3) is 4.84. The van der Waals surface area contributed by atoms with Gasteiger partial charge in [0.2, 0.25) is 0 Å². The fraction of sp³-hybridized carbons (Fsp3) is 0.632. The maximum atomic E-state index is 13.0. The number of nitrogens with two attached hydrogens (primary N) is 1. The van der Waals surface area contributed by atoms with Crippen LogP contribution in [0.25, 0.3) is 0 Å². The van der Waals surface area contributed by atoms with E-state index >= 15 is 0 Å². The van der Waals surface area contributed by atoms with Gasteiger partial charge in [-0.3, -0.25) is 4.99 Å². The van der Waals surface area contributed by atoms with Crippen LogP contribution in [-0.4, -0.2) is 55.3 Å². The first-order valence-corrected chi connectivity index (χ1v) is 9.32. The van der Waals surface area contributed by atoms with Crippen molar-refractivity contribution in [2.75, 3.05) is 44.2 Å². The van der Waals surface area contributed by atoms with E-state index in [1.165, 1.54) is 25.0 Å². The molecule has 138 valence electrons. The van der Waals surface area contributed by atoms with E-state index < -0.39 is 0 Å². The molecule has 0 unspecified atom stereocenters. The number of aliphatic imine (C=N–C) groups is 1. The quantitative estimate of drug-likeness (QED) is 0.646. The molecule has 3 rings (SSSR count). The molecule has 2 fully saturated rings. The van der Waals surface area contributed by atoms with E-state index in [9.17, 15) is 9.50 Å². The highest BCUT2D eigenvalue weighted by molar-refractivity contribution is 5.78. The van der Waals surface area contributed by atoms with Crippen molar-refractivity contribution in [1.29, 1.82) is 0 Å². The van der Waals surface area contributed by atoms with E-state index in [4.69, 9.17) is 5.73 Å².